The summed E-state index contributed by atoms with van der Waals surface area (Å²) in [6, 6.07) is 4.00. The number of aryl methyl sites for hydroxylation is 1. The molecule has 0 atom stereocenters. The Balaban J connectivity index is 1.74. The number of pyridine rings is 1. The van der Waals surface area contributed by atoms with Crippen LogP contribution in [0.4, 0.5) is 0 Å². The highest BCUT2D eigenvalue weighted by atomic mass is 16.2. The van der Waals surface area contributed by atoms with Gasteiger partial charge in [-0.1, -0.05) is 6.92 Å². The minimum Gasteiger partial charge on any atom is -0.340 e. The first-order valence-corrected chi connectivity index (χ1v) is 8.15. The van der Waals surface area contributed by atoms with Crippen LogP contribution < -0.4 is 0 Å². The van der Waals surface area contributed by atoms with Crippen LogP contribution in [0.1, 0.15) is 19.4 Å². The number of carbonyl (C=O) groups is 1. The van der Waals surface area contributed by atoms with Crippen molar-refractivity contribution in [3.63, 3.8) is 0 Å². The Morgan fingerprint density at radius 3 is 2.64 bits per heavy atom. The lowest BCUT2D eigenvalue weighted by Crippen LogP contribution is -2.48. The molecule has 22 heavy (non-hydrogen) atoms. The van der Waals surface area contributed by atoms with E-state index in [4.69, 9.17) is 0 Å². The van der Waals surface area contributed by atoms with Crippen LogP contribution in [0.25, 0.3) is 11.0 Å². The van der Waals surface area contributed by atoms with E-state index in [0.29, 0.717) is 6.42 Å². The molecule has 0 radical (unpaired) electrons. The lowest BCUT2D eigenvalue weighted by atomic mass is 10.1. The number of aromatic nitrogens is 2. The molecule has 5 heteroatoms. The van der Waals surface area contributed by atoms with E-state index >= 15 is 0 Å². The van der Waals surface area contributed by atoms with E-state index in [1.807, 2.05) is 17.2 Å². The molecule has 3 heterocycles. The molecule has 0 spiro atoms. The molecule has 1 aliphatic heterocycles. The Morgan fingerprint density at radius 1 is 1.18 bits per heavy atom. The quantitative estimate of drug-likeness (QED) is 0.864. The number of carbonyl (C=O) groups excluding carboxylic acids is 1. The molecular formula is C17H24N4O. The molecule has 2 aromatic heterocycles. The second-order valence-corrected chi connectivity index (χ2v) is 5.81. The molecular weight excluding hydrogens is 276 g/mol. The molecule has 0 saturated carbocycles. The number of piperazine rings is 1. The fraction of sp³-hybridized carbons (Fsp3) is 0.529. The summed E-state index contributed by atoms with van der Waals surface area (Å²) < 4.78 is 2.12. The molecule has 0 bridgehead atoms. The SMILES string of the molecule is CCN1CCN(C(=O)Cc2cn(CC)c3ncccc23)CC1. The van der Waals surface area contributed by atoms with Gasteiger partial charge in [-0.2, -0.15) is 0 Å². The molecule has 0 aromatic carbocycles. The maximum absolute atomic E-state index is 12.6. The van der Waals surface area contributed by atoms with E-state index in [9.17, 15) is 4.79 Å². The van der Waals surface area contributed by atoms with E-state index in [1.165, 1.54) is 0 Å². The van der Waals surface area contributed by atoms with E-state index in [2.05, 4.69) is 40.6 Å². The number of nitrogens with zero attached hydrogens (tertiary/aromatic N) is 4. The van der Waals surface area contributed by atoms with Crippen LogP contribution in [0.5, 0.6) is 0 Å². The van der Waals surface area contributed by atoms with Gasteiger partial charge in [0.25, 0.3) is 0 Å². The Morgan fingerprint density at radius 2 is 1.95 bits per heavy atom. The average molecular weight is 300 g/mol. The van der Waals surface area contributed by atoms with Crippen LogP contribution >= 0.6 is 0 Å². The lowest BCUT2D eigenvalue weighted by Gasteiger charge is -2.34. The number of rotatable bonds is 4. The molecule has 1 aliphatic rings. The predicted molar refractivity (Wildman–Crippen MR) is 87.8 cm³/mol. The van der Waals surface area contributed by atoms with Crippen LogP contribution in [-0.2, 0) is 17.8 Å². The fourth-order valence-corrected chi connectivity index (χ4v) is 3.17. The molecule has 1 amide bonds. The van der Waals surface area contributed by atoms with Gasteiger partial charge in [-0.3, -0.25) is 4.79 Å². The zero-order valence-corrected chi connectivity index (χ0v) is 13.5. The Hall–Kier alpha value is -1.88. The van der Waals surface area contributed by atoms with Crippen molar-refractivity contribution in [1.82, 2.24) is 19.4 Å². The molecule has 5 nitrogen and oxygen atoms in total. The third-order valence-corrected chi connectivity index (χ3v) is 4.57. The topological polar surface area (TPSA) is 41.4 Å². The van der Waals surface area contributed by atoms with Crippen LogP contribution in [0.15, 0.2) is 24.5 Å². The predicted octanol–water partition coefficient (Wildman–Crippen LogP) is 1.76. The van der Waals surface area contributed by atoms with Crippen molar-refractivity contribution in [3.05, 3.63) is 30.1 Å². The third-order valence-electron chi connectivity index (χ3n) is 4.57. The molecule has 118 valence electrons. The van der Waals surface area contributed by atoms with Gasteiger partial charge in [-0.15, -0.1) is 0 Å². The second-order valence-electron chi connectivity index (χ2n) is 5.81. The summed E-state index contributed by atoms with van der Waals surface area (Å²) >= 11 is 0. The lowest BCUT2D eigenvalue weighted by molar-refractivity contribution is -0.132. The minimum absolute atomic E-state index is 0.231. The Bertz CT molecular complexity index is 656. The summed E-state index contributed by atoms with van der Waals surface area (Å²) in [6.07, 6.45) is 4.36. The van der Waals surface area contributed by atoms with E-state index in [-0.39, 0.29) is 5.91 Å². The number of likely N-dealkylation sites (N-methyl/N-ethyl adjacent to an activating group) is 1. The molecule has 3 rings (SSSR count). The van der Waals surface area contributed by atoms with Gasteiger partial charge in [0.2, 0.25) is 5.91 Å². The summed E-state index contributed by atoms with van der Waals surface area (Å²) in [6.45, 7) is 9.87. The number of hydrogen-bond donors (Lipinski definition) is 0. The molecule has 0 N–H and O–H groups in total. The van der Waals surface area contributed by atoms with Crippen LogP contribution in [0.3, 0.4) is 0 Å². The summed E-state index contributed by atoms with van der Waals surface area (Å²) in [5.41, 5.74) is 2.07. The van der Waals surface area contributed by atoms with Gasteiger partial charge in [0.1, 0.15) is 5.65 Å². The van der Waals surface area contributed by atoms with Gasteiger partial charge in [-0.25, -0.2) is 4.98 Å². The maximum atomic E-state index is 12.6. The second kappa shape index (κ2) is 6.48. The smallest absolute Gasteiger partial charge is 0.227 e. The molecule has 1 saturated heterocycles. The Labute approximate surface area is 131 Å². The molecule has 2 aromatic rings. The van der Waals surface area contributed by atoms with Crippen LogP contribution in [0.2, 0.25) is 0 Å². The van der Waals surface area contributed by atoms with Crippen LogP contribution in [0, 0.1) is 0 Å². The third kappa shape index (κ3) is 2.86. The van der Waals surface area contributed by atoms with Crippen molar-refractivity contribution in [2.75, 3.05) is 32.7 Å². The van der Waals surface area contributed by atoms with Gasteiger partial charge in [0.05, 0.1) is 6.42 Å². The van der Waals surface area contributed by atoms with Gasteiger partial charge in [-0.05, 0) is 31.2 Å². The first-order chi connectivity index (χ1) is 10.7. The summed E-state index contributed by atoms with van der Waals surface area (Å²) in [4.78, 5) is 21.4. The highest BCUT2D eigenvalue weighted by Gasteiger charge is 2.21. The number of hydrogen-bond acceptors (Lipinski definition) is 3. The van der Waals surface area contributed by atoms with Gasteiger partial charge < -0.3 is 14.4 Å². The first kappa shape index (κ1) is 15.0. The van der Waals surface area contributed by atoms with Crippen molar-refractivity contribution < 1.29 is 4.79 Å². The largest absolute Gasteiger partial charge is 0.340 e. The zero-order valence-electron chi connectivity index (χ0n) is 13.5. The van der Waals surface area contributed by atoms with Gasteiger partial charge in [0.15, 0.2) is 0 Å². The fourth-order valence-electron chi connectivity index (χ4n) is 3.17. The van der Waals surface area contributed by atoms with Crippen molar-refractivity contribution in [1.29, 1.82) is 0 Å². The minimum atomic E-state index is 0.231. The summed E-state index contributed by atoms with van der Waals surface area (Å²) in [5.74, 6) is 0.231. The first-order valence-electron chi connectivity index (χ1n) is 8.15. The Kier molecular flexibility index (Phi) is 4.43. The highest BCUT2D eigenvalue weighted by molar-refractivity contribution is 5.87. The summed E-state index contributed by atoms with van der Waals surface area (Å²) in [7, 11) is 0. The molecule has 1 fully saturated rings. The standard InChI is InChI=1S/C17H24N4O/c1-3-19-8-10-21(11-9-19)16(22)12-14-13-20(4-2)17-15(14)6-5-7-18-17/h5-7,13H,3-4,8-12H2,1-2H3. The zero-order chi connectivity index (χ0) is 15.5. The van der Waals surface area contributed by atoms with Crippen molar-refractivity contribution in [3.8, 4) is 0 Å². The van der Waals surface area contributed by atoms with Crippen molar-refractivity contribution >= 4 is 16.9 Å². The highest BCUT2D eigenvalue weighted by Crippen LogP contribution is 2.20. The van der Waals surface area contributed by atoms with Gasteiger partial charge >= 0.3 is 0 Å². The average Bonchev–Trinajstić information content (AvgIpc) is 2.93. The van der Waals surface area contributed by atoms with Crippen molar-refractivity contribution in [2.24, 2.45) is 0 Å². The number of fused-ring (bicyclic) bond motifs is 1. The maximum Gasteiger partial charge on any atom is 0.227 e. The monoisotopic (exact) mass is 300 g/mol. The van der Waals surface area contributed by atoms with Gasteiger partial charge in [0, 0.05) is 50.5 Å². The van der Waals surface area contributed by atoms with Crippen molar-refractivity contribution in [2.45, 2.75) is 26.8 Å². The van der Waals surface area contributed by atoms with Crippen LogP contribution in [-0.4, -0.2) is 58.0 Å². The summed E-state index contributed by atoms with van der Waals surface area (Å²) in [5, 5.41) is 1.10. The van der Waals surface area contributed by atoms with E-state index in [0.717, 1.165) is 55.9 Å². The normalized spacial score (nSPS) is 16.4. The van der Waals surface area contributed by atoms with E-state index < -0.39 is 0 Å². The van der Waals surface area contributed by atoms with E-state index in [1.54, 1.807) is 0 Å². The number of amides is 1. The molecule has 0 unspecified atom stereocenters. The molecule has 0 aliphatic carbocycles.